The Kier molecular flexibility index (Phi) is 3.22. The molecule has 0 radical (unpaired) electrons. The van der Waals surface area contributed by atoms with Crippen LogP contribution in [-0.4, -0.2) is 15.1 Å². The molecule has 0 amide bonds. The van der Waals surface area contributed by atoms with Crippen LogP contribution in [0.4, 0.5) is 5.13 Å². The Morgan fingerprint density at radius 2 is 2.11 bits per heavy atom. The van der Waals surface area contributed by atoms with Crippen LogP contribution in [0.1, 0.15) is 16.5 Å². The molecule has 4 nitrogen and oxygen atoms in total. The Labute approximate surface area is 122 Å². The van der Waals surface area contributed by atoms with Crippen LogP contribution in [0.5, 0.6) is 0 Å². The molecule has 1 atom stereocenters. The molecule has 19 heavy (non-hydrogen) atoms. The molecular formula is C13H10BrN3OS. The molecule has 96 valence electrons. The fraction of sp³-hybridized carbons (Fsp3) is 0.0769. The summed E-state index contributed by atoms with van der Waals surface area (Å²) in [5.41, 5.74) is 7.13. The number of aliphatic hydroxyl groups excluding tert-OH is 1. The number of thiazole rings is 1. The van der Waals surface area contributed by atoms with Gasteiger partial charge in [0.1, 0.15) is 6.10 Å². The van der Waals surface area contributed by atoms with E-state index in [-0.39, 0.29) is 0 Å². The second-order valence-electron chi connectivity index (χ2n) is 4.04. The summed E-state index contributed by atoms with van der Waals surface area (Å²) in [6.07, 6.45) is 2.55. The van der Waals surface area contributed by atoms with E-state index in [9.17, 15) is 5.11 Å². The van der Waals surface area contributed by atoms with Gasteiger partial charge in [0.2, 0.25) is 0 Å². The summed E-state index contributed by atoms with van der Waals surface area (Å²) in [6, 6.07) is 7.60. The molecule has 0 fully saturated rings. The maximum atomic E-state index is 10.5. The monoisotopic (exact) mass is 335 g/mol. The van der Waals surface area contributed by atoms with Gasteiger partial charge >= 0.3 is 0 Å². The lowest BCUT2D eigenvalue weighted by Gasteiger charge is -2.12. The second-order valence-corrected chi connectivity index (χ2v) is 5.99. The Morgan fingerprint density at radius 1 is 1.26 bits per heavy atom. The molecule has 0 aliphatic heterocycles. The fourth-order valence-electron chi connectivity index (χ4n) is 1.96. The highest BCUT2D eigenvalue weighted by atomic mass is 79.9. The number of hydrogen-bond donors (Lipinski definition) is 2. The third-order valence-corrected chi connectivity index (χ3v) is 4.42. The van der Waals surface area contributed by atoms with Gasteiger partial charge in [-0.25, -0.2) is 4.98 Å². The smallest absolute Gasteiger partial charge is 0.180 e. The van der Waals surface area contributed by atoms with Gasteiger partial charge in [0.05, 0.1) is 10.4 Å². The number of pyridine rings is 1. The topological polar surface area (TPSA) is 72.0 Å². The molecule has 1 unspecified atom stereocenters. The van der Waals surface area contributed by atoms with Crippen LogP contribution in [0.25, 0.3) is 10.9 Å². The van der Waals surface area contributed by atoms with E-state index in [2.05, 4.69) is 25.9 Å². The van der Waals surface area contributed by atoms with Gasteiger partial charge in [0.25, 0.3) is 0 Å². The van der Waals surface area contributed by atoms with E-state index in [0.717, 1.165) is 20.9 Å². The number of benzene rings is 1. The highest BCUT2D eigenvalue weighted by Gasteiger charge is 2.17. The summed E-state index contributed by atoms with van der Waals surface area (Å²) in [4.78, 5) is 9.04. The first-order valence-electron chi connectivity index (χ1n) is 5.59. The lowest BCUT2D eigenvalue weighted by atomic mass is 10.0. The Morgan fingerprint density at radius 3 is 2.84 bits per heavy atom. The molecule has 0 spiro atoms. The molecule has 6 heteroatoms. The zero-order valence-corrected chi connectivity index (χ0v) is 12.1. The van der Waals surface area contributed by atoms with Crippen LogP contribution < -0.4 is 5.73 Å². The Hall–Kier alpha value is -1.50. The number of nitrogen functional groups attached to an aromatic ring is 1. The van der Waals surface area contributed by atoms with E-state index in [0.29, 0.717) is 10.0 Å². The maximum absolute atomic E-state index is 10.5. The number of anilines is 1. The molecule has 0 aliphatic rings. The Bertz CT molecular complexity index is 744. The largest absolute Gasteiger partial charge is 0.383 e. The van der Waals surface area contributed by atoms with E-state index in [4.69, 9.17) is 5.73 Å². The molecule has 3 N–H and O–H groups in total. The average Bonchev–Trinajstić information content (AvgIpc) is 2.86. The Balaban J connectivity index is 2.18. The molecule has 3 aromatic rings. The van der Waals surface area contributed by atoms with Crippen LogP contribution in [0.2, 0.25) is 0 Å². The van der Waals surface area contributed by atoms with Crippen molar-refractivity contribution in [1.82, 2.24) is 9.97 Å². The van der Waals surface area contributed by atoms with Crippen molar-refractivity contribution < 1.29 is 5.11 Å². The van der Waals surface area contributed by atoms with Crippen LogP contribution >= 0.6 is 27.3 Å². The number of hydrogen-bond acceptors (Lipinski definition) is 5. The maximum Gasteiger partial charge on any atom is 0.180 e. The molecule has 2 aromatic heterocycles. The van der Waals surface area contributed by atoms with Crippen LogP contribution in [-0.2, 0) is 0 Å². The zero-order chi connectivity index (χ0) is 13.4. The average molecular weight is 336 g/mol. The third kappa shape index (κ3) is 2.22. The van der Waals surface area contributed by atoms with Crippen LogP contribution in [0.15, 0.2) is 41.1 Å². The standard InChI is InChI=1S/C13H10BrN3OS/c14-9-4-3-8(11-7(9)2-1-5-16-11)12(18)10-6-17-13(15)19-10/h1-6,12,18H,(H2,15,17). The first kappa shape index (κ1) is 12.5. The molecule has 0 bridgehead atoms. The van der Waals surface area contributed by atoms with Gasteiger partial charge in [0.15, 0.2) is 5.13 Å². The summed E-state index contributed by atoms with van der Waals surface area (Å²) in [7, 11) is 0. The molecular weight excluding hydrogens is 326 g/mol. The van der Waals surface area contributed by atoms with E-state index in [1.54, 1.807) is 12.4 Å². The van der Waals surface area contributed by atoms with E-state index < -0.39 is 6.10 Å². The van der Waals surface area contributed by atoms with Gasteiger partial charge < -0.3 is 10.8 Å². The van der Waals surface area contributed by atoms with Crippen LogP contribution in [0, 0.1) is 0 Å². The number of aromatic nitrogens is 2. The van der Waals surface area contributed by atoms with Gasteiger partial charge in [0, 0.05) is 27.8 Å². The van der Waals surface area contributed by atoms with Gasteiger partial charge in [-0.05, 0) is 12.1 Å². The van der Waals surface area contributed by atoms with Crippen LogP contribution in [0.3, 0.4) is 0 Å². The summed E-state index contributed by atoms with van der Waals surface area (Å²) in [6.45, 7) is 0. The van der Waals surface area contributed by atoms with Crippen molar-refractivity contribution in [3.05, 3.63) is 51.6 Å². The van der Waals surface area contributed by atoms with Crippen molar-refractivity contribution in [1.29, 1.82) is 0 Å². The molecule has 0 saturated carbocycles. The highest BCUT2D eigenvalue weighted by molar-refractivity contribution is 9.10. The molecule has 2 heterocycles. The normalized spacial score (nSPS) is 12.7. The van der Waals surface area contributed by atoms with Crippen molar-refractivity contribution in [3.63, 3.8) is 0 Å². The molecule has 0 aliphatic carbocycles. The number of aliphatic hydroxyl groups is 1. The summed E-state index contributed by atoms with van der Waals surface area (Å²) >= 11 is 4.77. The van der Waals surface area contributed by atoms with E-state index >= 15 is 0 Å². The van der Waals surface area contributed by atoms with Gasteiger partial charge in [-0.1, -0.05) is 39.4 Å². The molecule has 0 saturated heterocycles. The van der Waals surface area contributed by atoms with Crippen molar-refractivity contribution in [2.24, 2.45) is 0 Å². The third-order valence-electron chi connectivity index (χ3n) is 2.85. The predicted molar refractivity (Wildman–Crippen MR) is 80.0 cm³/mol. The number of halogens is 1. The molecule has 1 aromatic carbocycles. The fourth-order valence-corrected chi connectivity index (χ4v) is 3.10. The van der Waals surface area contributed by atoms with Crippen molar-refractivity contribution in [2.45, 2.75) is 6.10 Å². The lowest BCUT2D eigenvalue weighted by molar-refractivity contribution is 0.225. The number of rotatable bonds is 2. The quantitative estimate of drug-likeness (QED) is 0.754. The minimum Gasteiger partial charge on any atom is -0.383 e. The zero-order valence-electron chi connectivity index (χ0n) is 9.75. The molecule has 3 rings (SSSR count). The van der Waals surface area contributed by atoms with Gasteiger partial charge in [-0.3, -0.25) is 4.98 Å². The SMILES string of the molecule is Nc1ncc(C(O)c2ccc(Br)c3cccnc23)s1. The number of fused-ring (bicyclic) bond motifs is 1. The summed E-state index contributed by atoms with van der Waals surface area (Å²) in [5.74, 6) is 0. The first-order chi connectivity index (χ1) is 9.16. The lowest BCUT2D eigenvalue weighted by Crippen LogP contribution is -1.99. The summed E-state index contributed by atoms with van der Waals surface area (Å²) < 4.78 is 0.954. The first-order valence-corrected chi connectivity index (χ1v) is 7.20. The second kappa shape index (κ2) is 4.88. The van der Waals surface area contributed by atoms with Crippen molar-refractivity contribution in [2.75, 3.05) is 5.73 Å². The number of nitrogens with two attached hydrogens (primary N) is 1. The number of nitrogens with zero attached hydrogens (tertiary/aromatic N) is 2. The minimum absolute atomic E-state index is 0.448. The predicted octanol–water partition coefficient (Wildman–Crippen LogP) is 3.12. The van der Waals surface area contributed by atoms with Crippen molar-refractivity contribution in [3.8, 4) is 0 Å². The summed E-state index contributed by atoms with van der Waals surface area (Å²) in [5, 5.41) is 11.9. The highest BCUT2D eigenvalue weighted by Crippen LogP contribution is 2.33. The van der Waals surface area contributed by atoms with Gasteiger partial charge in [-0.2, -0.15) is 0 Å². The minimum atomic E-state index is -0.764. The van der Waals surface area contributed by atoms with Crippen molar-refractivity contribution >= 4 is 43.3 Å². The van der Waals surface area contributed by atoms with E-state index in [1.807, 2.05) is 24.3 Å². The van der Waals surface area contributed by atoms with E-state index in [1.165, 1.54) is 11.3 Å². The van der Waals surface area contributed by atoms with Gasteiger partial charge in [-0.15, -0.1) is 0 Å².